The first-order valence-corrected chi connectivity index (χ1v) is 16.4. The normalized spacial score (nSPS) is 22.8. The molecule has 54 heavy (non-hydrogen) atoms. The van der Waals surface area contributed by atoms with E-state index in [9.17, 15) is 54.3 Å². The molecule has 0 aromatic rings. The van der Waals surface area contributed by atoms with Gasteiger partial charge < -0.3 is 78.0 Å². The third-order valence-electron chi connectivity index (χ3n) is 7.26. The van der Waals surface area contributed by atoms with Crippen LogP contribution in [0.2, 0.25) is 0 Å². The first-order chi connectivity index (χ1) is 25.0. The molecule has 9 atom stereocenters. The van der Waals surface area contributed by atoms with Gasteiger partial charge in [0.05, 0.1) is 24.9 Å². The Morgan fingerprint density at radius 1 is 0.630 bits per heavy atom. The third-order valence-corrected chi connectivity index (χ3v) is 7.26. The summed E-state index contributed by atoms with van der Waals surface area (Å²) in [5.41, 5.74) is -2.00. The van der Waals surface area contributed by atoms with E-state index in [-0.39, 0.29) is 0 Å². The van der Waals surface area contributed by atoms with Crippen molar-refractivity contribution in [3.63, 3.8) is 0 Å². The summed E-state index contributed by atoms with van der Waals surface area (Å²) in [6.07, 6.45) is -12.7. The summed E-state index contributed by atoms with van der Waals surface area (Å²) < 4.78 is 57.4. The fourth-order valence-corrected chi connectivity index (χ4v) is 5.47. The molecular formula is C32H52O22. The smallest absolute Gasteiger partial charge is 0.329 e. The van der Waals surface area contributed by atoms with Gasteiger partial charge in [-0.1, -0.05) is 20.8 Å². The molecule has 0 amide bonds. The van der Waals surface area contributed by atoms with E-state index < -0.39 is 155 Å². The predicted octanol–water partition coefficient (Wildman–Crippen LogP) is -0.372. The molecule has 6 N–H and O–H groups in total. The zero-order chi connectivity index (χ0) is 41.4. The molecule has 0 aromatic heterocycles. The van der Waals surface area contributed by atoms with Crippen LogP contribution in [0.4, 0.5) is 0 Å². The Balaban J connectivity index is 4.05. The van der Waals surface area contributed by atoms with Gasteiger partial charge in [0.25, 0.3) is 0 Å². The Morgan fingerprint density at radius 3 is 1.57 bits per heavy atom. The maximum Gasteiger partial charge on any atom is 0.329 e. The summed E-state index contributed by atoms with van der Waals surface area (Å²) in [7, 11) is 1.25. The predicted molar refractivity (Wildman–Crippen MR) is 175 cm³/mol. The van der Waals surface area contributed by atoms with E-state index in [2.05, 4.69) is 0 Å². The van der Waals surface area contributed by atoms with Gasteiger partial charge in [-0.15, -0.1) is 0 Å². The second-order valence-corrected chi connectivity index (χ2v) is 13.9. The maximum absolute atomic E-state index is 11.8. The van der Waals surface area contributed by atoms with Crippen LogP contribution in [0.5, 0.6) is 0 Å². The van der Waals surface area contributed by atoms with Gasteiger partial charge in [0.1, 0.15) is 70.2 Å². The summed E-state index contributed by atoms with van der Waals surface area (Å²) in [6, 6.07) is 0. The molecular weight excluding hydrogens is 736 g/mol. The summed E-state index contributed by atoms with van der Waals surface area (Å²) in [5.74, 6) is -9.73. The Bertz CT molecular complexity index is 1230. The van der Waals surface area contributed by atoms with Crippen LogP contribution in [0.1, 0.15) is 41.5 Å². The van der Waals surface area contributed by atoms with E-state index in [0.29, 0.717) is 0 Å². The van der Waals surface area contributed by atoms with Crippen molar-refractivity contribution in [2.45, 2.75) is 96.3 Å². The molecule has 1 rings (SSSR count). The highest BCUT2D eigenvalue weighted by Gasteiger charge is 2.53. The number of rotatable bonds is 27. The quantitative estimate of drug-likeness (QED) is 0.0578. The molecule has 1 heterocycles. The number of hydrogen-bond acceptors (Lipinski definition) is 16. The highest BCUT2D eigenvalue weighted by atomic mass is 16.8. The molecule has 0 aliphatic carbocycles. The number of carboxylic acid groups (broad SMARTS) is 6. The SMILES string of the molecule is COC(COCC(=O)O)C(C(OCC(=O)O)[C@H](OCC(=O)O)OC1C(OCC(=O)O)C(OCC(=O)O)[C@@H](OC(C)(C)C)O[C@H]1COCC(=O)O)C(C)(C)C. The summed E-state index contributed by atoms with van der Waals surface area (Å²) in [6.45, 7) is 3.05. The van der Waals surface area contributed by atoms with Crippen LogP contribution < -0.4 is 0 Å². The number of methoxy groups -OCH3 is 1. The summed E-state index contributed by atoms with van der Waals surface area (Å²) in [5, 5.41) is 56.6. The zero-order valence-electron chi connectivity index (χ0n) is 31.1. The van der Waals surface area contributed by atoms with Gasteiger partial charge in [-0.2, -0.15) is 0 Å². The van der Waals surface area contributed by atoms with Crippen molar-refractivity contribution in [1.82, 2.24) is 0 Å². The lowest BCUT2D eigenvalue weighted by atomic mass is 9.73. The third kappa shape index (κ3) is 18.2. The largest absolute Gasteiger partial charge is 0.480 e. The van der Waals surface area contributed by atoms with Gasteiger partial charge in [-0.05, 0) is 26.2 Å². The van der Waals surface area contributed by atoms with E-state index in [1.807, 2.05) is 0 Å². The lowest BCUT2D eigenvalue weighted by Gasteiger charge is -2.49. The summed E-state index contributed by atoms with van der Waals surface area (Å²) >= 11 is 0. The van der Waals surface area contributed by atoms with Gasteiger partial charge in [-0.3, -0.25) is 0 Å². The summed E-state index contributed by atoms with van der Waals surface area (Å²) in [4.78, 5) is 69.6. The molecule has 22 nitrogen and oxygen atoms in total. The van der Waals surface area contributed by atoms with Crippen LogP contribution >= 0.6 is 0 Å². The molecule has 1 saturated heterocycles. The fourth-order valence-electron chi connectivity index (χ4n) is 5.47. The van der Waals surface area contributed by atoms with Gasteiger partial charge in [-0.25, -0.2) is 28.8 Å². The Kier molecular flexibility index (Phi) is 20.4. The molecule has 0 bridgehead atoms. The number of carboxylic acids is 6. The van der Waals surface area contributed by atoms with Crippen molar-refractivity contribution in [2.24, 2.45) is 11.3 Å². The molecule has 6 unspecified atom stereocenters. The second kappa shape index (κ2) is 22.7. The van der Waals surface area contributed by atoms with Crippen LogP contribution in [0.25, 0.3) is 0 Å². The topological polar surface area (TPSA) is 316 Å². The molecule has 0 spiro atoms. The lowest BCUT2D eigenvalue weighted by molar-refractivity contribution is -0.360. The van der Waals surface area contributed by atoms with Crippen LogP contribution in [0.15, 0.2) is 0 Å². The first kappa shape index (κ1) is 48.4. The maximum atomic E-state index is 11.8. The van der Waals surface area contributed by atoms with Crippen molar-refractivity contribution in [1.29, 1.82) is 0 Å². The highest BCUT2D eigenvalue weighted by molar-refractivity contribution is 5.69. The Morgan fingerprint density at radius 2 is 1.11 bits per heavy atom. The second-order valence-electron chi connectivity index (χ2n) is 13.9. The van der Waals surface area contributed by atoms with Gasteiger partial charge >= 0.3 is 35.8 Å². The van der Waals surface area contributed by atoms with E-state index >= 15 is 0 Å². The number of ether oxygens (including phenoxy) is 10. The van der Waals surface area contributed by atoms with E-state index in [4.69, 9.17) is 52.5 Å². The highest BCUT2D eigenvalue weighted by Crippen LogP contribution is 2.39. The lowest BCUT2D eigenvalue weighted by Crippen LogP contribution is -2.65. The van der Waals surface area contributed by atoms with Gasteiger partial charge in [0, 0.05) is 13.0 Å². The molecule has 1 fully saturated rings. The minimum absolute atomic E-state index is 0.400. The monoisotopic (exact) mass is 788 g/mol. The Labute approximate surface area is 310 Å². The number of aliphatic carboxylic acids is 6. The minimum atomic E-state index is -1.95. The first-order valence-electron chi connectivity index (χ1n) is 16.4. The Hall–Kier alpha value is -3.58. The molecule has 312 valence electrons. The van der Waals surface area contributed by atoms with E-state index in [1.165, 1.54) is 7.11 Å². The van der Waals surface area contributed by atoms with Gasteiger partial charge in [0.2, 0.25) is 0 Å². The molecule has 0 saturated carbocycles. The average molecular weight is 789 g/mol. The standard InChI is InChI=1S/C32H52O22/c1-31(2,3)24(16(45-7)8-46-10-18(33)34)26(48-12-20(37)38)29(51-15-23(43)44)53-25-17(9-47-11-19(35)36)52-30(54-32(4,5)6)28(50-14-22(41)42)27(25)49-13-21(39)40/h16-17,24-30H,8-15H2,1-7H3,(H,33,34)(H,35,36)(H,37,38)(H,39,40)(H,41,42)(H,43,44)/t16?,17-,24?,25?,26?,27?,28?,29+,30+/m0/s1. The number of carbonyl (C=O) groups is 6. The van der Waals surface area contributed by atoms with Gasteiger partial charge in [0.15, 0.2) is 12.6 Å². The van der Waals surface area contributed by atoms with Crippen LogP contribution in [-0.4, -0.2) is 181 Å². The molecule has 0 aromatic carbocycles. The van der Waals surface area contributed by atoms with Crippen molar-refractivity contribution in [3.05, 3.63) is 0 Å². The van der Waals surface area contributed by atoms with Crippen molar-refractivity contribution < 1.29 is 107 Å². The average Bonchev–Trinajstić information content (AvgIpc) is 3.01. The molecule has 1 aliphatic heterocycles. The van der Waals surface area contributed by atoms with Crippen molar-refractivity contribution in [2.75, 3.05) is 60.0 Å². The van der Waals surface area contributed by atoms with Crippen molar-refractivity contribution >= 4 is 35.8 Å². The molecule has 1 aliphatic rings. The van der Waals surface area contributed by atoms with Crippen molar-refractivity contribution in [3.8, 4) is 0 Å². The molecule has 0 radical (unpaired) electrons. The van der Waals surface area contributed by atoms with E-state index in [0.717, 1.165) is 0 Å². The van der Waals surface area contributed by atoms with Crippen LogP contribution in [0.3, 0.4) is 0 Å². The molecule has 22 heteroatoms. The zero-order valence-corrected chi connectivity index (χ0v) is 31.1. The minimum Gasteiger partial charge on any atom is -0.480 e. The van der Waals surface area contributed by atoms with E-state index in [1.54, 1.807) is 41.5 Å². The van der Waals surface area contributed by atoms with Crippen LogP contribution in [0, 0.1) is 11.3 Å². The number of hydrogen-bond donors (Lipinski definition) is 6. The van der Waals surface area contributed by atoms with Crippen LogP contribution in [-0.2, 0) is 76.1 Å². The fraction of sp³-hybridized carbons (Fsp3) is 0.812.